The quantitative estimate of drug-likeness (QED) is 0.533. The summed E-state index contributed by atoms with van der Waals surface area (Å²) in [4.78, 5) is 0. The van der Waals surface area contributed by atoms with E-state index in [4.69, 9.17) is 11.5 Å². The maximum absolute atomic E-state index is 5.80. The minimum Gasteiger partial charge on any atom is -0.397 e. The lowest BCUT2D eigenvalue weighted by Crippen LogP contribution is -1.99. The normalized spacial score (nSPS) is 9.31. The van der Waals surface area contributed by atoms with E-state index in [2.05, 4.69) is 12.3 Å². The molecule has 1 aromatic carbocycles. The number of nitrogen functional groups attached to an aromatic ring is 2. The van der Waals surface area contributed by atoms with Gasteiger partial charge in [0.1, 0.15) is 0 Å². The molecule has 68 valence electrons. The fourth-order valence-corrected chi connectivity index (χ4v) is 1.14. The zero-order valence-electron chi connectivity index (χ0n) is 7.80. The predicted octanol–water partition coefficient (Wildman–Crippen LogP) is 2.12. The van der Waals surface area contributed by atoms with E-state index in [1.54, 1.807) is 6.07 Å². The Balaban J connectivity index is 3.02. The summed E-state index contributed by atoms with van der Waals surface area (Å²) in [7, 11) is 0. The number of para-hydroxylation sites is 1. The molecule has 4 N–H and O–H groups in total. The molecule has 0 heterocycles. The third kappa shape index (κ3) is 2.14. The molecule has 13 heavy (non-hydrogen) atoms. The molecular formula is C11H14N2. The summed E-state index contributed by atoms with van der Waals surface area (Å²) in [6.45, 7) is 5.54. The molecule has 1 rings (SSSR count). The highest BCUT2D eigenvalue weighted by atomic mass is 14.7. The van der Waals surface area contributed by atoms with Crippen LogP contribution in [0.5, 0.6) is 0 Å². The van der Waals surface area contributed by atoms with Crippen LogP contribution in [0.2, 0.25) is 0 Å². The Hall–Kier alpha value is -1.66. The maximum atomic E-state index is 5.80. The highest BCUT2D eigenvalue weighted by Gasteiger charge is 2.01. The minimum absolute atomic E-state index is 0.634. The first-order chi connectivity index (χ1) is 6.15. The molecule has 0 aliphatic heterocycles. The largest absolute Gasteiger partial charge is 0.397 e. The molecule has 0 aliphatic carbocycles. The zero-order valence-corrected chi connectivity index (χ0v) is 7.80. The van der Waals surface area contributed by atoms with Gasteiger partial charge >= 0.3 is 0 Å². The second-order valence-electron chi connectivity index (χ2n) is 3.05. The van der Waals surface area contributed by atoms with E-state index in [1.807, 2.05) is 19.1 Å². The zero-order chi connectivity index (χ0) is 9.84. The molecule has 0 aliphatic rings. The Morgan fingerprint density at radius 2 is 2.15 bits per heavy atom. The highest BCUT2D eigenvalue weighted by molar-refractivity contribution is 5.67. The first-order valence-electron chi connectivity index (χ1n) is 4.13. The van der Waals surface area contributed by atoms with Gasteiger partial charge < -0.3 is 11.5 Å². The predicted molar refractivity (Wildman–Crippen MR) is 57.3 cm³/mol. The first-order valence-corrected chi connectivity index (χ1v) is 4.13. The second kappa shape index (κ2) is 3.83. The molecule has 0 aromatic heterocycles. The molecule has 0 amide bonds. The molecule has 2 heteroatoms. The van der Waals surface area contributed by atoms with E-state index >= 15 is 0 Å². The van der Waals surface area contributed by atoms with Gasteiger partial charge in [0.05, 0.1) is 11.4 Å². The first kappa shape index (κ1) is 9.43. The third-order valence-corrected chi connectivity index (χ3v) is 1.99. The molecule has 0 unspecified atom stereocenters. The van der Waals surface area contributed by atoms with Gasteiger partial charge in [-0.1, -0.05) is 18.7 Å². The van der Waals surface area contributed by atoms with Gasteiger partial charge in [-0.2, -0.15) is 0 Å². The molecule has 2 nitrogen and oxygen atoms in total. The van der Waals surface area contributed by atoms with Crippen LogP contribution in [0.3, 0.4) is 0 Å². The van der Waals surface area contributed by atoms with Crippen molar-refractivity contribution in [3.63, 3.8) is 0 Å². The van der Waals surface area contributed by atoms with E-state index in [0.717, 1.165) is 17.6 Å². The van der Waals surface area contributed by atoms with Crippen molar-refractivity contribution in [3.8, 4) is 0 Å². The maximum Gasteiger partial charge on any atom is 0.0583 e. The van der Waals surface area contributed by atoms with Gasteiger partial charge in [-0.25, -0.2) is 0 Å². The van der Waals surface area contributed by atoms with Crippen molar-refractivity contribution in [2.45, 2.75) is 13.3 Å². The van der Waals surface area contributed by atoms with Crippen LogP contribution >= 0.6 is 0 Å². The van der Waals surface area contributed by atoms with Gasteiger partial charge in [-0.05, 0) is 24.1 Å². The molecule has 0 saturated heterocycles. The van der Waals surface area contributed by atoms with Crippen molar-refractivity contribution in [3.05, 3.63) is 41.6 Å². The van der Waals surface area contributed by atoms with E-state index in [-0.39, 0.29) is 0 Å². The van der Waals surface area contributed by atoms with E-state index in [1.165, 1.54) is 0 Å². The Morgan fingerprint density at radius 3 is 2.77 bits per heavy atom. The summed E-state index contributed by atoms with van der Waals surface area (Å²) >= 11 is 0. The summed E-state index contributed by atoms with van der Waals surface area (Å²) < 4.78 is 0. The summed E-state index contributed by atoms with van der Waals surface area (Å²) in [5.74, 6) is 0. The lowest BCUT2D eigenvalue weighted by atomic mass is 10.0. The number of allylic oxidation sites excluding steroid dienone is 1. The Labute approximate surface area is 78.6 Å². The van der Waals surface area contributed by atoms with E-state index < -0.39 is 0 Å². The van der Waals surface area contributed by atoms with Crippen molar-refractivity contribution in [2.75, 3.05) is 11.5 Å². The van der Waals surface area contributed by atoms with Gasteiger partial charge in [0.25, 0.3) is 0 Å². The van der Waals surface area contributed by atoms with Crippen LogP contribution < -0.4 is 11.5 Å². The van der Waals surface area contributed by atoms with Crippen molar-refractivity contribution in [1.29, 1.82) is 0 Å². The van der Waals surface area contributed by atoms with Crippen molar-refractivity contribution in [1.82, 2.24) is 0 Å². The molecule has 0 radical (unpaired) electrons. The van der Waals surface area contributed by atoms with Crippen molar-refractivity contribution in [2.24, 2.45) is 0 Å². The Kier molecular flexibility index (Phi) is 2.78. The van der Waals surface area contributed by atoms with Crippen LogP contribution in [0.1, 0.15) is 12.5 Å². The smallest absolute Gasteiger partial charge is 0.0583 e. The minimum atomic E-state index is 0.634. The van der Waals surface area contributed by atoms with Gasteiger partial charge in [0, 0.05) is 6.42 Å². The van der Waals surface area contributed by atoms with Crippen molar-refractivity contribution >= 4 is 11.4 Å². The van der Waals surface area contributed by atoms with Crippen LogP contribution in [-0.4, -0.2) is 0 Å². The number of hydrogen-bond donors (Lipinski definition) is 2. The Morgan fingerprint density at radius 1 is 1.46 bits per heavy atom. The Bertz CT molecular complexity index is 360. The van der Waals surface area contributed by atoms with Gasteiger partial charge in [0.2, 0.25) is 0 Å². The molecule has 0 bridgehead atoms. The number of benzene rings is 1. The molecule has 0 spiro atoms. The van der Waals surface area contributed by atoms with Crippen LogP contribution in [0.25, 0.3) is 0 Å². The van der Waals surface area contributed by atoms with E-state index in [9.17, 15) is 0 Å². The standard InChI is InChI=1S/C11H14N2/c1-3-8(2)7-9-5-4-6-10(12)11(9)13/h4-6H,1,7,12-13H2,2H3. The van der Waals surface area contributed by atoms with Crippen LogP contribution in [0, 0.1) is 0 Å². The molecule has 0 fully saturated rings. The summed E-state index contributed by atoms with van der Waals surface area (Å²) in [5.41, 5.74) is 17.7. The molecule has 0 atom stereocenters. The third-order valence-electron chi connectivity index (χ3n) is 1.99. The number of rotatable bonds is 2. The topological polar surface area (TPSA) is 52.0 Å². The molecule has 0 saturated carbocycles. The molecule has 1 aromatic rings. The molecular weight excluding hydrogens is 160 g/mol. The summed E-state index contributed by atoms with van der Waals surface area (Å²) in [5, 5.41) is 0. The highest BCUT2D eigenvalue weighted by Crippen LogP contribution is 2.21. The average Bonchev–Trinajstić information content (AvgIpc) is 2.13. The number of anilines is 2. The summed E-state index contributed by atoms with van der Waals surface area (Å²) in [6, 6.07) is 5.66. The SMILES string of the molecule is C=C=C(C)Cc1cccc(N)c1N. The average molecular weight is 174 g/mol. The van der Waals surface area contributed by atoms with Gasteiger partial charge in [-0.3, -0.25) is 0 Å². The number of hydrogen-bond acceptors (Lipinski definition) is 2. The van der Waals surface area contributed by atoms with Crippen LogP contribution in [-0.2, 0) is 6.42 Å². The van der Waals surface area contributed by atoms with Crippen LogP contribution in [0.4, 0.5) is 11.4 Å². The lowest BCUT2D eigenvalue weighted by Gasteiger charge is -2.06. The van der Waals surface area contributed by atoms with Crippen molar-refractivity contribution < 1.29 is 0 Å². The van der Waals surface area contributed by atoms with Gasteiger partial charge in [-0.15, -0.1) is 5.73 Å². The number of nitrogens with two attached hydrogens (primary N) is 2. The fraction of sp³-hybridized carbons (Fsp3) is 0.182. The van der Waals surface area contributed by atoms with Gasteiger partial charge in [0.15, 0.2) is 0 Å². The summed E-state index contributed by atoms with van der Waals surface area (Å²) in [6.07, 6.45) is 0.764. The van der Waals surface area contributed by atoms with E-state index in [0.29, 0.717) is 11.4 Å². The fourth-order valence-electron chi connectivity index (χ4n) is 1.14. The lowest BCUT2D eigenvalue weighted by molar-refractivity contribution is 1.16. The monoisotopic (exact) mass is 174 g/mol. The van der Waals surface area contributed by atoms with Crippen LogP contribution in [0.15, 0.2) is 36.1 Å². The second-order valence-corrected chi connectivity index (χ2v) is 3.05.